The van der Waals surface area contributed by atoms with Crippen molar-refractivity contribution in [2.24, 2.45) is 0 Å². The Morgan fingerprint density at radius 1 is 0.824 bits per heavy atom. The van der Waals surface area contributed by atoms with Gasteiger partial charge in [0.15, 0.2) is 0 Å². The highest BCUT2D eigenvalue weighted by molar-refractivity contribution is 5.47. The van der Waals surface area contributed by atoms with E-state index in [4.69, 9.17) is 15.0 Å². The first kappa shape index (κ1) is 18.6. The summed E-state index contributed by atoms with van der Waals surface area (Å²) < 4.78 is 1.38. The summed E-state index contributed by atoms with van der Waals surface area (Å²) in [7, 11) is 0. The molecule has 0 aliphatic rings. The van der Waals surface area contributed by atoms with E-state index in [0.717, 1.165) is 0 Å². The van der Waals surface area contributed by atoms with Crippen LogP contribution in [0.1, 0.15) is 54.8 Å². The van der Waals surface area contributed by atoms with Gasteiger partial charge in [0, 0.05) is 0 Å². The zero-order chi connectivity index (χ0) is 13.7. The third kappa shape index (κ3) is 11.5. The molecule has 0 radical (unpaired) electrons. The third-order valence-electron chi connectivity index (χ3n) is 2.79. The fourth-order valence-electron chi connectivity index (χ4n) is 2.57. The summed E-state index contributed by atoms with van der Waals surface area (Å²) >= 11 is 0. The Hall–Kier alpha value is -0.770. The lowest BCUT2D eigenvalue weighted by molar-refractivity contribution is -0.928. The van der Waals surface area contributed by atoms with Crippen molar-refractivity contribution in [2.75, 3.05) is 26.2 Å². The van der Waals surface area contributed by atoms with Gasteiger partial charge in [0.1, 0.15) is 0 Å². The van der Waals surface area contributed by atoms with Crippen LogP contribution in [-0.4, -0.2) is 36.8 Å². The first-order valence-electron chi connectivity index (χ1n) is 6.71. The van der Waals surface area contributed by atoms with Crippen LogP contribution < -0.4 is 10.2 Å². The lowest BCUT2D eigenvalue weighted by Crippen LogP contribution is -2.50. The van der Waals surface area contributed by atoms with E-state index in [1.807, 2.05) is 0 Å². The molecule has 0 aromatic carbocycles. The molecule has 0 aliphatic carbocycles. The standard InChI is InChI=1S/C12H28N.CH2O3/c1-5-9-13(10-6-2,11-7-3)12-8-4;2-1(3)4/h5-12H2,1-4H3;(H2,2,3,4)/q+1;/p-1. The number of hydrogen-bond acceptors (Lipinski definition) is 3. The van der Waals surface area contributed by atoms with Gasteiger partial charge in [-0.1, -0.05) is 27.7 Å². The molecule has 0 aromatic rings. The van der Waals surface area contributed by atoms with Gasteiger partial charge >= 0.3 is 1.43 Å². The molecule has 0 heterocycles. The maximum Gasteiger partial charge on any atom is 1.00 e. The molecule has 0 unspecified atom stereocenters. The second-order valence-electron chi connectivity index (χ2n) is 4.49. The van der Waals surface area contributed by atoms with Crippen LogP contribution in [0.15, 0.2) is 0 Å². The fraction of sp³-hybridized carbons (Fsp3) is 0.923. The van der Waals surface area contributed by atoms with Gasteiger partial charge in [0.2, 0.25) is 0 Å². The number of hydrogen-bond donors (Lipinski definition) is 0. The van der Waals surface area contributed by atoms with Crippen LogP contribution in [0.5, 0.6) is 0 Å². The van der Waals surface area contributed by atoms with Crippen LogP contribution in [0.2, 0.25) is 0 Å². The van der Waals surface area contributed by atoms with E-state index in [1.165, 1.54) is 56.3 Å². The SMILES string of the molecule is CCC[N+](CCC)(CCC)CCC.O=C([O-])[O-].[H+]. The van der Waals surface area contributed by atoms with Crippen molar-refractivity contribution in [3.05, 3.63) is 0 Å². The molecule has 4 nitrogen and oxygen atoms in total. The highest BCUT2D eigenvalue weighted by Crippen LogP contribution is 2.12. The smallest absolute Gasteiger partial charge is 0.652 e. The summed E-state index contributed by atoms with van der Waals surface area (Å²) in [4.78, 5) is 8.33. The summed E-state index contributed by atoms with van der Waals surface area (Å²) in [5, 5.41) is 16.7. The van der Waals surface area contributed by atoms with Crippen molar-refractivity contribution in [3.63, 3.8) is 0 Å². The normalized spacial score (nSPS) is 10.6. The molecule has 0 saturated heterocycles. The van der Waals surface area contributed by atoms with Gasteiger partial charge in [-0.3, -0.25) is 0 Å². The molecule has 0 aromatic heterocycles. The average molecular weight is 247 g/mol. The van der Waals surface area contributed by atoms with Crippen LogP contribution in [-0.2, 0) is 0 Å². The van der Waals surface area contributed by atoms with Crippen LogP contribution in [0.25, 0.3) is 0 Å². The third-order valence-corrected chi connectivity index (χ3v) is 2.79. The first-order valence-corrected chi connectivity index (χ1v) is 6.71. The number of carbonyl (C=O) groups excluding carboxylic acids is 1. The van der Waals surface area contributed by atoms with E-state index in [1.54, 1.807) is 0 Å². The largest absolute Gasteiger partial charge is 1.00 e. The Bertz CT molecular complexity index is 156. The molecule has 0 atom stereocenters. The number of carbonyl (C=O) groups is 1. The van der Waals surface area contributed by atoms with Crippen molar-refractivity contribution in [1.29, 1.82) is 0 Å². The molecule has 0 rings (SSSR count). The van der Waals surface area contributed by atoms with Crippen LogP contribution in [0.3, 0.4) is 0 Å². The fourth-order valence-corrected chi connectivity index (χ4v) is 2.57. The van der Waals surface area contributed by atoms with Gasteiger partial charge in [0.25, 0.3) is 0 Å². The van der Waals surface area contributed by atoms with E-state index in [0.29, 0.717) is 0 Å². The predicted octanol–water partition coefficient (Wildman–Crippen LogP) is 1.11. The van der Waals surface area contributed by atoms with Gasteiger partial charge in [0.05, 0.1) is 26.2 Å². The summed E-state index contributed by atoms with van der Waals surface area (Å²) in [5.41, 5.74) is 0. The predicted molar refractivity (Wildman–Crippen MR) is 67.4 cm³/mol. The average Bonchev–Trinajstić information content (AvgIpc) is 2.18. The summed E-state index contributed by atoms with van der Waals surface area (Å²) in [5.74, 6) is 0. The molecule has 0 bridgehead atoms. The molecule has 0 aliphatic heterocycles. The second-order valence-corrected chi connectivity index (χ2v) is 4.49. The lowest BCUT2D eigenvalue weighted by Gasteiger charge is -2.38. The molecule has 0 spiro atoms. The minimum Gasteiger partial charge on any atom is -0.652 e. The number of quaternary nitrogens is 1. The molecule has 104 valence electrons. The molecule has 0 saturated carbocycles. The van der Waals surface area contributed by atoms with Crippen molar-refractivity contribution in [2.45, 2.75) is 53.4 Å². The van der Waals surface area contributed by atoms with Crippen molar-refractivity contribution < 1.29 is 20.9 Å². The molecule has 17 heavy (non-hydrogen) atoms. The zero-order valence-corrected chi connectivity index (χ0v) is 11.8. The summed E-state index contributed by atoms with van der Waals surface area (Å²) in [6.45, 7) is 14.8. The minimum atomic E-state index is -2.33. The maximum atomic E-state index is 8.33. The Labute approximate surface area is 107 Å². The van der Waals surface area contributed by atoms with Crippen LogP contribution in [0, 0.1) is 0 Å². The topological polar surface area (TPSA) is 63.2 Å². The van der Waals surface area contributed by atoms with E-state index in [-0.39, 0.29) is 1.43 Å². The summed E-state index contributed by atoms with van der Waals surface area (Å²) in [6.07, 6.45) is 3.00. The van der Waals surface area contributed by atoms with E-state index in [2.05, 4.69) is 27.7 Å². The maximum absolute atomic E-state index is 8.33. The highest BCUT2D eigenvalue weighted by atomic mass is 16.6. The summed E-state index contributed by atoms with van der Waals surface area (Å²) in [6, 6.07) is 0. The van der Waals surface area contributed by atoms with Gasteiger partial charge < -0.3 is 19.5 Å². The van der Waals surface area contributed by atoms with Gasteiger partial charge in [-0.2, -0.15) is 0 Å². The first-order chi connectivity index (χ1) is 7.97. The van der Waals surface area contributed by atoms with Gasteiger partial charge in [-0.25, -0.2) is 0 Å². The van der Waals surface area contributed by atoms with Gasteiger partial charge in [-0.05, 0) is 31.8 Å². The van der Waals surface area contributed by atoms with Crippen LogP contribution >= 0.6 is 0 Å². The Morgan fingerprint density at radius 3 is 1.12 bits per heavy atom. The molecule has 4 heteroatoms. The van der Waals surface area contributed by atoms with Crippen molar-refractivity contribution in [3.8, 4) is 0 Å². The quantitative estimate of drug-likeness (QED) is 0.604. The Balaban J connectivity index is -0.000000392. The molecule has 0 N–H and O–H groups in total. The highest BCUT2D eigenvalue weighted by Gasteiger charge is 2.22. The Kier molecular flexibility index (Phi) is 12.8. The molecular weight excluding hydrogens is 218 g/mol. The molecular formula is C13H29NO3. The molecule has 0 amide bonds. The lowest BCUT2D eigenvalue weighted by atomic mass is 10.2. The number of rotatable bonds is 8. The molecule has 0 fully saturated rings. The van der Waals surface area contributed by atoms with E-state index in [9.17, 15) is 0 Å². The Morgan fingerprint density at radius 2 is 1.00 bits per heavy atom. The minimum absolute atomic E-state index is 0. The van der Waals surface area contributed by atoms with E-state index >= 15 is 0 Å². The zero-order valence-electron chi connectivity index (χ0n) is 12.8. The van der Waals surface area contributed by atoms with E-state index < -0.39 is 6.16 Å². The van der Waals surface area contributed by atoms with Crippen LogP contribution in [0.4, 0.5) is 4.79 Å². The van der Waals surface area contributed by atoms with Gasteiger partial charge in [-0.15, -0.1) is 0 Å². The second kappa shape index (κ2) is 11.7. The number of nitrogens with zero attached hydrogens (tertiary/aromatic N) is 1. The number of carboxylic acid groups (broad SMARTS) is 2. The monoisotopic (exact) mass is 247 g/mol. The van der Waals surface area contributed by atoms with Crippen molar-refractivity contribution in [1.82, 2.24) is 0 Å². The van der Waals surface area contributed by atoms with Crippen molar-refractivity contribution >= 4 is 6.16 Å².